The molecule has 2 aromatic heterocycles. The number of rotatable bonds is 5. The van der Waals surface area contributed by atoms with E-state index in [-0.39, 0.29) is 5.54 Å². The molecule has 110 valence electrons. The smallest absolute Gasteiger partial charge is 0.0999 e. The minimum absolute atomic E-state index is 0.140. The van der Waals surface area contributed by atoms with E-state index in [4.69, 9.17) is 4.98 Å². The third-order valence-electron chi connectivity index (χ3n) is 2.91. The van der Waals surface area contributed by atoms with Crippen LogP contribution < -0.4 is 5.32 Å². The summed E-state index contributed by atoms with van der Waals surface area (Å²) in [6, 6.07) is 0. The molecule has 20 heavy (non-hydrogen) atoms. The third kappa shape index (κ3) is 4.36. The molecule has 5 heteroatoms. The van der Waals surface area contributed by atoms with Crippen molar-refractivity contribution < 1.29 is 0 Å². The molecule has 0 aliphatic rings. The van der Waals surface area contributed by atoms with Gasteiger partial charge in [-0.2, -0.15) is 0 Å². The monoisotopic (exact) mass is 309 g/mol. The normalized spacial score (nSPS) is 12.1. The lowest BCUT2D eigenvalue weighted by atomic mass is 10.1. The van der Waals surface area contributed by atoms with E-state index in [1.165, 1.54) is 15.6 Å². The quantitative estimate of drug-likeness (QED) is 0.909. The van der Waals surface area contributed by atoms with Crippen LogP contribution in [0.4, 0.5) is 0 Å². The summed E-state index contributed by atoms with van der Waals surface area (Å²) in [5, 5.41) is 8.00. The number of aromatic nitrogens is 2. The maximum atomic E-state index is 4.78. The molecule has 0 spiro atoms. The molecular weight excluding hydrogens is 286 g/mol. The van der Waals surface area contributed by atoms with E-state index in [0.29, 0.717) is 0 Å². The van der Waals surface area contributed by atoms with Crippen LogP contribution in [0.2, 0.25) is 0 Å². The number of nitrogens with zero attached hydrogens (tertiary/aromatic N) is 2. The van der Waals surface area contributed by atoms with Crippen LogP contribution in [0, 0.1) is 6.92 Å². The minimum atomic E-state index is 0.140. The highest BCUT2D eigenvalue weighted by atomic mass is 32.1. The summed E-state index contributed by atoms with van der Waals surface area (Å²) >= 11 is 3.55. The van der Waals surface area contributed by atoms with Gasteiger partial charge in [0.05, 0.1) is 22.1 Å². The highest BCUT2D eigenvalue weighted by Crippen LogP contribution is 2.23. The summed E-state index contributed by atoms with van der Waals surface area (Å²) in [5.41, 5.74) is 2.48. The van der Waals surface area contributed by atoms with E-state index in [0.717, 1.165) is 30.1 Å². The van der Waals surface area contributed by atoms with Crippen molar-refractivity contribution in [3.63, 3.8) is 0 Å². The van der Waals surface area contributed by atoms with Crippen LogP contribution in [0.15, 0.2) is 5.38 Å². The second-order valence-electron chi connectivity index (χ2n) is 5.99. The Labute approximate surface area is 129 Å². The van der Waals surface area contributed by atoms with Crippen molar-refractivity contribution in [2.45, 2.75) is 59.5 Å². The van der Waals surface area contributed by atoms with Crippen molar-refractivity contribution in [1.82, 2.24) is 15.3 Å². The predicted molar refractivity (Wildman–Crippen MR) is 87.7 cm³/mol. The van der Waals surface area contributed by atoms with Gasteiger partial charge in [-0.25, -0.2) is 9.97 Å². The second kappa shape index (κ2) is 6.33. The van der Waals surface area contributed by atoms with Crippen molar-refractivity contribution in [3.05, 3.63) is 31.7 Å². The molecule has 2 heterocycles. The Morgan fingerprint density at radius 3 is 2.50 bits per heavy atom. The number of hydrogen-bond donors (Lipinski definition) is 1. The van der Waals surface area contributed by atoms with E-state index < -0.39 is 0 Å². The molecule has 0 aliphatic carbocycles. The molecule has 0 saturated carbocycles. The zero-order valence-electron chi connectivity index (χ0n) is 12.9. The second-order valence-corrected chi connectivity index (χ2v) is 8.10. The van der Waals surface area contributed by atoms with Gasteiger partial charge in [-0.05, 0) is 34.1 Å². The lowest BCUT2D eigenvalue weighted by Gasteiger charge is -2.20. The lowest BCUT2D eigenvalue weighted by Crippen LogP contribution is -2.35. The summed E-state index contributed by atoms with van der Waals surface area (Å²) in [5.74, 6) is 0. The van der Waals surface area contributed by atoms with Crippen LogP contribution in [-0.2, 0) is 19.4 Å². The van der Waals surface area contributed by atoms with Crippen molar-refractivity contribution >= 4 is 22.7 Å². The van der Waals surface area contributed by atoms with Crippen LogP contribution in [0.3, 0.4) is 0 Å². The Hall–Kier alpha value is -0.780. The molecule has 0 aromatic carbocycles. The van der Waals surface area contributed by atoms with Gasteiger partial charge in [-0.15, -0.1) is 22.7 Å². The zero-order valence-corrected chi connectivity index (χ0v) is 14.5. The van der Waals surface area contributed by atoms with E-state index in [9.17, 15) is 0 Å². The summed E-state index contributed by atoms with van der Waals surface area (Å²) in [7, 11) is 0. The highest BCUT2D eigenvalue weighted by Gasteiger charge is 2.14. The topological polar surface area (TPSA) is 37.8 Å². The first-order valence-electron chi connectivity index (χ1n) is 7.01. The molecule has 0 atom stereocenters. The third-order valence-corrected chi connectivity index (χ3v) is 4.97. The Morgan fingerprint density at radius 1 is 1.20 bits per heavy atom. The fourth-order valence-corrected chi connectivity index (χ4v) is 3.85. The number of aryl methyl sites for hydroxylation is 2. The molecule has 3 nitrogen and oxygen atoms in total. The highest BCUT2D eigenvalue weighted by molar-refractivity contribution is 7.12. The van der Waals surface area contributed by atoms with E-state index >= 15 is 0 Å². The SMILES string of the molecule is CCc1nc(Cc2nc(C)cs2)sc1CNC(C)(C)C. The first kappa shape index (κ1) is 15.6. The molecule has 0 bridgehead atoms. The summed E-state index contributed by atoms with van der Waals surface area (Å²) < 4.78 is 0. The molecule has 0 unspecified atom stereocenters. The van der Waals surface area contributed by atoms with Gasteiger partial charge in [0.25, 0.3) is 0 Å². The number of nitrogens with one attached hydrogen (secondary N) is 1. The number of hydrogen-bond acceptors (Lipinski definition) is 5. The van der Waals surface area contributed by atoms with Crippen LogP contribution in [0.5, 0.6) is 0 Å². The standard InChI is InChI=1S/C15H23N3S2/c1-6-11-12(8-16-15(3,4)5)20-14(18-11)7-13-17-10(2)9-19-13/h9,16H,6-8H2,1-5H3. The first-order chi connectivity index (χ1) is 9.37. The van der Waals surface area contributed by atoms with Gasteiger partial charge in [-0.3, -0.25) is 0 Å². The van der Waals surface area contributed by atoms with Crippen LogP contribution in [0.25, 0.3) is 0 Å². The summed E-state index contributed by atoms with van der Waals surface area (Å²) in [6.45, 7) is 11.7. The van der Waals surface area contributed by atoms with Gasteiger partial charge in [0.1, 0.15) is 0 Å². The van der Waals surface area contributed by atoms with Crippen molar-refractivity contribution in [1.29, 1.82) is 0 Å². The molecule has 0 amide bonds. The zero-order chi connectivity index (χ0) is 14.8. The van der Waals surface area contributed by atoms with Crippen LogP contribution >= 0.6 is 22.7 Å². The summed E-state index contributed by atoms with van der Waals surface area (Å²) in [6.07, 6.45) is 1.86. The van der Waals surface area contributed by atoms with E-state index in [1.54, 1.807) is 11.3 Å². The van der Waals surface area contributed by atoms with Gasteiger partial charge in [0, 0.05) is 28.0 Å². The fourth-order valence-electron chi connectivity index (χ4n) is 1.89. The lowest BCUT2D eigenvalue weighted by molar-refractivity contribution is 0.425. The largest absolute Gasteiger partial charge is 0.307 e. The Morgan fingerprint density at radius 2 is 1.95 bits per heavy atom. The average molecular weight is 310 g/mol. The first-order valence-corrected chi connectivity index (χ1v) is 8.70. The van der Waals surface area contributed by atoms with Gasteiger partial charge in [0.2, 0.25) is 0 Å². The molecule has 0 aliphatic heterocycles. The van der Waals surface area contributed by atoms with Crippen LogP contribution in [-0.4, -0.2) is 15.5 Å². The Bertz CT molecular complexity index is 564. The van der Waals surface area contributed by atoms with Gasteiger partial charge >= 0.3 is 0 Å². The maximum absolute atomic E-state index is 4.78. The molecule has 2 rings (SSSR count). The molecule has 2 aromatic rings. The van der Waals surface area contributed by atoms with E-state index in [2.05, 4.69) is 43.4 Å². The molecule has 0 radical (unpaired) electrons. The van der Waals surface area contributed by atoms with Gasteiger partial charge < -0.3 is 5.32 Å². The number of thiazole rings is 2. The van der Waals surface area contributed by atoms with E-state index in [1.807, 2.05) is 18.3 Å². The molecular formula is C15H23N3S2. The van der Waals surface area contributed by atoms with Crippen molar-refractivity contribution in [2.24, 2.45) is 0 Å². The average Bonchev–Trinajstić information content (AvgIpc) is 2.92. The molecule has 0 fully saturated rings. The fraction of sp³-hybridized carbons (Fsp3) is 0.600. The van der Waals surface area contributed by atoms with Crippen molar-refractivity contribution in [3.8, 4) is 0 Å². The van der Waals surface area contributed by atoms with Crippen molar-refractivity contribution in [2.75, 3.05) is 0 Å². The maximum Gasteiger partial charge on any atom is 0.0999 e. The van der Waals surface area contributed by atoms with Gasteiger partial charge in [-0.1, -0.05) is 6.92 Å². The summed E-state index contributed by atoms with van der Waals surface area (Å²) in [4.78, 5) is 10.7. The molecule has 0 saturated heterocycles. The van der Waals surface area contributed by atoms with Crippen LogP contribution in [0.1, 0.15) is 54.0 Å². The Kier molecular flexibility index (Phi) is 4.94. The minimum Gasteiger partial charge on any atom is -0.307 e. The Balaban J connectivity index is 2.09. The predicted octanol–water partition coefficient (Wildman–Crippen LogP) is 3.95. The van der Waals surface area contributed by atoms with Gasteiger partial charge in [0.15, 0.2) is 0 Å². The molecule has 1 N–H and O–H groups in total.